The second-order valence-corrected chi connectivity index (χ2v) is 20.1. The molecule has 14 atom stereocenters. The first-order valence-electron chi connectivity index (χ1n) is 24.8. The second kappa shape index (κ2) is 26.9. The van der Waals surface area contributed by atoms with E-state index in [9.17, 15) is 39.0 Å². The van der Waals surface area contributed by atoms with Gasteiger partial charge in [-0.15, -0.1) is 0 Å². The van der Waals surface area contributed by atoms with Crippen molar-refractivity contribution in [2.45, 2.75) is 174 Å². The molecule has 2 saturated heterocycles. The van der Waals surface area contributed by atoms with Crippen LogP contribution in [-0.4, -0.2) is 127 Å². The van der Waals surface area contributed by atoms with E-state index in [-0.39, 0.29) is 86.5 Å². The Hall–Kier alpha value is -3.66. The van der Waals surface area contributed by atoms with E-state index in [0.717, 1.165) is 23.9 Å². The summed E-state index contributed by atoms with van der Waals surface area (Å²) in [7, 11) is 3.15. The molecule has 3 aliphatic heterocycles. The molecule has 67 heavy (non-hydrogen) atoms. The molecule has 14 heteroatoms. The van der Waals surface area contributed by atoms with Crippen molar-refractivity contribution >= 4 is 35.5 Å². The van der Waals surface area contributed by atoms with Crippen LogP contribution in [0.3, 0.4) is 0 Å². The largest absolute Gasteiger partial charge is 0.460 e. The van der Waals surface area contributed by atoms with Gasteiger partial charge in [0.15, 0.2) is 5.78 Å². The highest BCUT2D eigenvalue weighted by atomic mass is 16.6. The van der Waals surface area contributed by atoms with Crippen LogP contribution in [0.1, 0.15) is 132 Å². The first-order valence-corrected chi connectivity index (χ1v) is 24.8. The molecule has 4 rings (SSSR count). The number of rotatable bonds is 9. The highest BCUT2D eigenvalue weighted by molar-refractivity contribution is 6.39. The maximum Gasteiger partial charge on any atom is 0.329 e. The van der Waals surface area contributed by atoms with Crippen LogP contribution in [0.4, 0.5) is 0 Å². The molecule has 0 aromatic heterocycles. The number of aliphatic hydroxyl groups excluding tert-OH is 1. The monoisotopic (exact) mass is 940 g/mol. The van der Waals surface area contributed by atoms with Crippen LogP contribution >= 0.6 is 0 Å². The molecule has 3 heterocycles. The van der Waals surface area contributed by atoms with Gasteiger partial charge >= 0.3 is 5.97 Å². The van der Waals surface area contributed by atoms with Crippen molar-refractivity contribution in [2.24, 2.45) is 41.4 Å². The van der Waals surface area contributed by atoms with E-state index in [1.54, 1.807) is 21.0 Å². The van der Waals surface area contributed by atoms with Crippen LogP contribution in [-0.2, 0) is 52.5 Å². The molecule has 376 valence electrons. The zero-order valence-electron chi connectivity index (χ0n) is 41.7. The summed E-state index contributed by atoms with van der Waals surface area (Å²) in [6.07, 6.45) is 15.4. The lowest BCUT2D eigenvalue weighted by Gasteiger charge is -2.42. The summed E-state index contributed by atoms with van der Waals surface area (Å²) in [5.74, 6) is -7.85. The van der Waals surface area contributed by atoms with Crippen LogP contribution in [0.25, 0.3) is 0 Å². The fourth-order valence-corrected chi connectivity index (χ4v) is 10.4. The van der Waals surface area contributed by atoms with E-state index in [4.69, 9.17) is 23.7 Å². The molecule has 2 N–H and O–H groups in total. The SMILES string of the molecule is COC1C/C(C)=C/[C@@H](C)C(=O)C[C@@H]([C@H](C)C[C@@H]2CC[C@@H](OCCO)[C@H](OC)C2)OC(=O)[C@@H]2CCCCN2C(=O)C(=O)[C@]2(O)O[C@@H](CC[C@H]2C)C[C@H](C=O)/C(C)=C/C=C/C=C/[C@@H](C)CC(C)C1=O. The number of hydrogen-bond donors (Lipinski definition) is 2. The molecule has 1 amide bonds. The van der Waals surface area contributed by atoms with Gasteiger partial charge in [-0.1, -0.05) is 82.2 Å². The number of aliphatic hydroxyl groups is 2. The van der Waals surface area contributed by atoms with Crippen molar-refractivity contribution in [3.05, 3.63) is 47.6 Å². The summed E-state index contributed by atoms with van der Waals surface area (Å²) < 4.78 is 29.8. The Morgan fingerprint density at radius 1 is 0.896 bits per heavy atom. The normalized spacial score (nSPS) is 38.4. The molecule has 1 saturated carbocycles. The van der Waals surface area contributed by atoms with Crippen molar-refractivity contribution < 1.29 is 62.7 Å². The van der Waals surface area contributed by atoms with Gasteiger partial charge in [0.25, 0.3) is 11.7 Å². The lowest BCUT2D eigenvalue weighted by molar-refractivity contribution is -0.264. The first-order chi connectivity index (χ1) is 31.9. The van der Waals surface area contributed by atoms with E-state index < -0.39 is 65.6 Å². The Balaban J connectivity index is 1.68. The minimum atomic E-state index is -2.47. The Morgan fingerprint density at radius 2 is 1.64 bits per heavy atom. The number of cyclic esters (lactones) is 1. The van der Waals surface area contributed by atoms with Gasteiger partial charge in [-0.2, -0.15) is 0 Å². The number of ketones is 3. The molecule has 2 unspecified atom stereocenters. The average Bonchev–Trinajstić information content (AvgIpc) is 3.31. The molecular formula is C53H81NO13. The number of Topliss-reactive ketones (excluding diaryl/α,β-unsaturated/α-hetero) is 3. The van der Waals surface area contributed by atoms with Crippen molar-refractivity contribution in [2.75, 3.05) is 34.0 Å². The second-order valence-electron chi connectivity index (χ2n) is 20.1. The van der Waals surface area contributed by atoms with Gasteiger partial charge in [-0.05, 0) is 102 Å². The number of amides is 1. The summed E-state index contributed by atoms with van der Waals surface area (Å²) >= 11 is 0. The third-order valence-electron chi connectivity index (χ3n) is 14.7. The van der Waals surface area contributed by atoms with Crippen molar-refractivity contribution in [1.29, 1.82) is 0 Å². The zero-order valence-corrected chi connectivity index (χ0v) is 41.7. The highest BCUT2D eigenvalue weighted by Gasteiger charge is 2.53. The molecule has 4 aliphatic rings. The highest BCUT2D eigenvalue weighted by Crippen LogP contribution is 2.38. The molecule has 14 nitrogen and oxygen atoms in total. The van der Waals surface area contributed by atoms with Crippen LogP contribution in [0.2, 0.25) is 0 Å². The van der Waals surface area contributed by atoms with Crippen molar-refractivity contribution in [3.63, 3.8) is 0 Å². The minimum absolute atomic E-state index is 0.0234. The third-order valence-corrected chi connectivity index (χ3v) is 14.7. The number of carbonyl (C=O) groups is 6. The van der Waals surface area contributed by atoms with Crippen LogP contribution < -0.4 is 0 Å². The molecule has 0 radical (unpaired) electrons. The molecule has 1 aliphatic carbocycles. The fourth-order valence-electron chi connectivity index (χ4n) is 10.4. The number of aldehydes is 1. The lowest BCUT2D eigenvalue weighted by atomic mass is 9.78. The van der Waals surface area contributed by atoms with E-state index in [2.05, 4.69) is 0 Å². The van der Waals surface area contributed by atoms with Gasteiger partial charge in [0.05, 0.1) is 31.5 Å². The van der Waals surface area contributed by atoms with Gasteiger partial charge in [-0.25, -0.2) is 4.79 Å². The molecule has 3 fully saturated rings. The Morgan fingerprint density at radius 3 is 2.33 bits per heavy atom. The predicted molar refractivity (Wildman–Crippen MR) is 253 cm³/mol. The minimum Gasteiger partial charge on any atom is -0.460 e. The van der Waals surface area contributed by atoms with Gasteiger partial charge in [0, 0.05) is 57.3 Å². The summed E-state index contributed by atoms with van der Waals surface area (Å²) in [5, 5.41) is 21.3. The number of fused-ring (bicyclic) bond motifs is 3. The average molecular weight is 940 g/mol. The fraction of sp³-hybridized carbons (Fsp3) is 0.736. The van der Waals surface area contributed by atoms with Crippen LogP contribution in [0, 0.1) is 41.4 Å². The van der Waals surface area contributed by atoms with E-state index in [1.165, 1.54) is 12.0 Å². The summed E-state index contributed by atoms with van der Waals surface area (Å²) in [5.41, 5.74) is 1.57. The van der Waals surface area contributed by atoms with Crippen LogP contribution in [0.5, 0.6) is 0 Å². The zero-order chi connectivity index (χ0) is 49.4. The molecule has 0 aromatic carbocycles. The number of carbonyl (C=O) groups excluding carboxylic acids is 6. The lowest BCUT2D eigenvalue weighted by Crippen LogP contribution is -2.60. The summed E-state index contributed by atoms with van der Waals surface area (Å²) in [4.78, 5) is 84.3. The van der Waals surface area contributed by atoms with Gasteiger partial charge in [0.2, 0.25) is 5.79 Å². The van der Waals surface area contributed by atoms with E-state index >= 15 is 0 Å². The Labute approximate surface area is 399 Å². The maximum absolute atomic E-state index is 14.4. The standard InChI is InChI=1S/C53H81NO13/c1-33-15-11-10-12-16-35(3)41(32-56)30-42-20-18-39(7)53(62,67-42)50(59)51(60)54-22-14-13-17-43(54)52(61)66-46(37(5)28-40-19-21-45(65-24-23-55)47(29-40)63-8)31-44(57)36(4)26-34(2)27-48(64-9)49(58)38(6)25-33/h10-12,15-16,26,32-33,36-43,45-48,55,62H,13-14,17-25,27-31H2,1-9H3/b12-10+,15-11+,34-26+,35-16+/t33-,36-,37-,38?,39-,40+,41-,42+,43+,45-,46+,47-,48?,53-/m1/s1. The van der Waals surface area contributed by atoms with Gasteiger partial charge < -0.3 is 43.6 Å². The number of ether oxygens (including phenoxy) is 5. The third kappa shape index (κ3) is 15.7. The Bertz CT molecular complexity index is 1800. The van der Waals surface area contributed by atoms with E-state index in [1.807, 2.05) is 71.1 Å². The van der Waals surface area contributed by atoms with Crippen molar-refractivity contribution in [3.8, 4) is 0 Å². The maximum atomic E-state index is 14.4. The molecule has 2 bridgehead atoms. The number of methoxy groups -OCH3 is 2. The van der Waals surface area contributed by atoms with Gasteiger partial charge in [-0.3, -0.25) is 19.2 Å². The molecule has 0 aromatic rings. The summed E-state index contributed by atoms with van der Waals surface area (Å²) in [6, 6.07) is -1.13. The number of allylic oxidation sites excluding steroid dienone is 7. The number of hydrogen-bond acceptors (Lipinski definition) is 13. The van der Waals surface area contributed by atoms with Crippen molar-refractivity contribution in [1.82, 2.24) is 4.90 Å². The smallest absolute Gasteiger partial charge is 0.329 e. The predicted octanol–water partition coefficient (Wildman–Crippen LogP) is 7.03. The number of piperidine rings is 1. The number of esters is 1. The quantitative estimate of drug-likeness (QED) is 0.104. The molecule has 0 spiro atoms. The van der Waals surface area contributed by atoms with E-state index in [0.29, 0.717) is 57.8 Å². The van der Waals surface area contributed by atoms with Crippen LogP contribution in [0.15, 0.2) is 47.6 Å². The Kier molecular flexibility index (Phi) is 22.5. The first kappa shape index (κ1) is 55.9. The number of nitrogens with zero attached hydrogens (tertiary/aromatic N) is 1. The van der Waals surface area contributed by atoms with Gasteiger partial charge in [0.1, 0.15) is 30.3 Å². The topological polar surface area (TPSA) is 192 Å². The molecular weight excluding hydrogens is 859 g/mol. The summed E-state index contributed by atoms with van der Waals surface area (Å²) in [6.45, 7) is 13.2.